The molecule has 0 radical (unpaired) electrons. The number of imidazole rings is 1. The van der Waals surface area contributed by atoms with Crippen LogP contribution in [0.15, 0.2) is 48.9 Å². The maximum atomic E-state index is 9.49. The van der Waals surface area contributed by atoms with E-state index >= 15 is 0 Å². The van der Waals surface area contributed by atoms with Crippen molar-refractivity contribution in [1.29, 1.82) is 5.26 Å². The molecule has 23 heavy (non-hydrogen) atoms. The Labute approximate surface area is 133 Å². The molecule has 6 heteroatoms. The fraction of sp³-hybridized carbons (Fsp3) is 0.235. The number of anilines is 1. The summed E-state index contributed by atoms with van der Waals surface area (Å²) in [5.74, 6) is 1.51. The lowest BCUT2D eigenvalue weighted by Gasteiger charge is -2.16. The summed E-state index contributed by atoms with van der Waals surface area (Å²) in [4.78, 5) is 10.8. The van der Waals surface area contributed by atoms with Crippen LogP contribution in [-0.4, -0.2) is 33.6 Å². The number of aromatic nitrogens is 3. The van der Waals surface area contributed by atoms with Crippen molar-refractivity contribution in [2.75, 3.05) is 18.0 Å². The minimum Gasteiger partial charge on any atom is -0.487 e. The summed E-state index contributed by atoms with van der Waals surface area (Å²) in [5.41, 5.74) is 1.36. The van der Waals surface area contributed by atoms with E-state index in [-0.39, 0.29) is 6.10 Å². The van der Waals surface area contributed by atoms with Crippen LogP contribution in [0.5, 0.6) is 5.75 Å². The van der Waals surface area contributed by atoms with E-state index in [1.807, 2.05) is 40.9 Å². The molecule has 0 spiro atoms. The highest BCUT2D eigenvalue weighted by Crippen LogP contribution is 2.26. The van der Waals surface area contributed by atoms with Gasteiger partial charge in [-0.15, -0.1) is 0 Å². The second-order valence-corrected chi connectivity index (χ2v) is 5.49. The molecule has 0 saturated carbocycles. The number of nitriles is 1. The van der Waals surface area contributed by atoms with Crippen molar-refractivity contribution in [3.05, 3.63) is 54.6 Å². The summed E-state index contributed by atoms with van der Waals surface area (Å²) < 4.78 is 7.78. The van der Waals surface area contributed by atoms with Crippen molar-refractivity contribution in [3.8, 4) is 11.8 Å². The summed E-state index contributed by atoms with van der Waals surface area (Å²) in [5, 5.41) is 9.49. The van der Waals surface area contributed by atoms with Crippen LogP contribution in [0.4, 0.5) is 5.82 Å². The molecule has 0 aliphatic carbocycles. The third-order valence-electron chi connectivity index (χ3n) is 4.00. The molecule has 0 N–H and O–H groups in total. The summed E-state index contributed by atoms with van der Waals surface area (Å²) in [7, 11) is 0. The summed E-state index contributed by atoms with van der Waals surface area (Å²) >= 11 is 0. The summed E-state index contributed by atoms with van der Waals surface area (Å²) in [6, 6.07) is 11.8. The van der Waals surface area contributed by atoms with Gasteiger partial charge in [0, 0.05) is 25.4 Å². The van der Waals surface area contributed by atoms with Gasteiger partial charge in [0.1, 0.15) is 23.6 Å². The zero-order chi connectivity index (χ0) is 15.6. The molecule has 6 nitrogen and oxygen atoms in total. The van der Waals surface area contributed by atoms with Gasteiger partial charge in [-0.3, -0.25) is 9.38 Å². The van der Waals surface area contributed by atoms with Crippen LogP contribution >= 0.6 is 0 Å². The van der Waals surface area contributed by atoms with E-state index in [2.05, 4.69) is 20.9 Å². The molecule has 114 valence electrons. The Morgan fingerprint density at radius 2 is 2.22 bits per heavy atom. The number of rotatable bonds is 3. The number of ether oxygens (including phenoxy) is 1. The van der Waals surface area contributed by atoms with Crippen LogP contribution in [0.1, 0.15) is 12.1 Å². The molecular formula is C17H15N5O. The average molecular weight is 305 g/mol. The first-order valence-corrected chi connectivity index (χ1v) is 7.54. The number of fused-ring (bicyclic) bond motifs is 1. The maximum Gasteiger partial charge on any atom is 0.169 e. The minimum absolute atomic E-state index is 0.0792. The molecule has 1 atom stereocenters. The van der Waals surface area contributed by atoms with E-state index in [4.69, 9.17) is 4.74 Å². The first-order valence-electron chi connectivity index (χ1n) is 7.54. The van der Waals surface area contributed by atoms with E-state index in [9.17, 15) is 5.26 Å². The van der Waals surface area contributed by atoms with Crippen LogP contribution in [0, 0.1) is 11.3 Å². The molecule has 1 aliphatic heterocycles. The van der Waals surface area contributed by atoms with Gasteiger partial charge in [-0.2, -0.15) is 5.26 Å². The molecule has 3 aromatic rings. The lowest BCUT2D eigenvalue weighted by molar-refractivity contribution is 0.224. The molecule has 1 aliphatic rings. The number of nitrogens with zero attached hydrogens (tertiary/aromatic N) is 5. The first kappa shape index (κ1) is 13.6. The van der Waals surface area contributed by atoms with Gasteiger partial charge in [-0.1, -0.05) is 6.07 Å². The van der Waals surface area contributed by atoms with Crippen molar-refractivity contribution in [2.45, 2.75) is 12.5 Å². The standard InChI is InChI=1S/C17H15N5O/c18-10-15-17(20-16-5-1-2-8-22(15)16)21-9-6-14(12-21)23-13-4-3-7-19-11-13/h1-5,7-8,11,14H,6,9,12H2. The third kappa shape index (κ3) is 2.46. The number of pyridine rings is 2. The second kappa shape index (κ2) is 5.61. The molecule has 0 amide bonds. The molecule has 0 aromatic carbocycles. The summed E-state index contributed by atoms with van der Waals surface area (Å²) in [6.07, 6.45) is 6.28. The smallest absolute Gasteiger partial charge is 0.169 e. The highest BCUT2D eigenvalue weighted by molar-refractivity contribution is 5.60. The quantitative estimate of drug-likeness (QED) is 0.742. The second-order valence-electron chi connectivity index (χ2n) is 5.49. The Morgan fingerprint density at radius 3 is 3.04 bits per heavy atom. The Balaban J connectivity index is 1.57. The molecule has 0 bridgehead atoms. The van der Waals surface area contributed by atoms with Crippen LogP contribution in [0.3, 0.4) is 0 Å². The first-order chi connectivity index (χ1) is 11.3. The molecule has 3 aromatic heterocycles. The average Bonchev–Trinajstić information content (AvgIpc) is 3.19. The Bertz CT molecular complexity index is 868. The van der Waals surface area contributed by atoms with E-state index < -0.39 is 0 Å². The number of hydrogen-bond donors (Lipinski definition) is 0. The Morgan fingerprint density at radius 1 is 1.26 bits per heavy atom. The van der Waals surface area contributed by atoms with E-state index in [1.165, 1.54) is 0 Å². The van der Waals surface area contributed by atoms with Gasteiger partial charge in [0.2, 0.25) is 0 Å². The van der Waals surface area contributed by atoms with Crippen LogP contribution in [0.25, 0.3) is 5.65 Å². The lowest BCUT2D eigenvalue weighted by atomic mass is 10.3. The fourth-order valence-corrected chi connectivity index (χ4v) is 2.93. The largest absolute Gasteiger partial charge is 0.487 e. The summed E-state index contributed by atoms with van der Waals surface area (Å²) in [6.45, 7) is 1.54. The molecule has 4 heterocycles. The zero-order valence-corrected chi connectivity index (χ0v) is 12.5. The highest BCUT2D eigenvalue weighted by atomic mass is 16.5. The van der Waals surface area contributed by atoms with Crippen molar-refractivity contribution < 1.29 is 4.74 Å². The topological polar surface area (TPSA) is 66.5 Å². The Kier molecular flexibility index (Phi) is 3.31. The highest BCUT2D eigenvalue weighted by Gasteiger charge is 2.28. The van der Waals surface area contributed by atoms with E-state index in [0.717, 1.165) is 30.2 Å². The van der Waals surface area contributed by atoms with E-state index in [1.54, 1.807) is 12.4 Å². The SMILES string of the molecule is N#Cc1c(N2CCC(Oc3cccnc3)C2)nc2ccccn12. The maximum absolute atomic E-state index is 9.49. The van der Waals surface area contributed by atoms with Crippen LogP contribution in [0.2, 0.25) is 0 Å². The van der Waals surface area contributed by atoms with Gasteiger partial charge in [0.25, 0.3) is 0 Å². The van der Waals surface area contributed by atoms with Gasteiger partial charge in [0.15, 0.2) is 11.5 Å². The predicted octanol–water partition coefficient (Wildman–Crippen LogP) is 2.26. The normalized spacial score (nSPS) is 17.3. The van der Waals surface area contributed by atoms with Crippen molar-refractivity contribution in [2.24, 2.45) is 0 Å². The van der Waals surface area contributed by atoms with Crippen molar-refractivity contribution in [1.82, 2.24) is 14.4 Å². The minimum atomic E-state index is 0.0792. The van der Waals surface area contributed by atoms with Crippen LogP contribution < -0.4 is 9.64 Å². The molecule has 1 fully saturated rings. The molecule has 4 rings (SSSR count). The Hall–Kier alpha value is -3.07. The number of hydrogen-bond acceptors (Lipinski definition) is 5. The van der Waals surface area contributed by atoms with Crippen molar-refractivity contribution >= 4 is 11.5 Å². The van der Waals surface area contributed by atoms with Crippen LogP contribution in [-0.2, 0) is 0 Å². The van der Waals surface area contributed by atoms with Gasteiger partial charge < -0.3 is 9.64 Å². The fourth-order valence-electron chi connectivity index (χ4n) is 2.93. The van der Waals surface area contributed by atoms with Crippen molar-refractivity contribution in [3.63, 3.8) is 0 Å². The molecule has 1 unspecified atom stereocenters. The third-order valence-corrected chi connectivity index (χ3v) is 4.00. The molecule has 1 saturated heterocycles. The monoisotopic (exact) mass is 305 g/mol. The predicted molar refractivity (Wildman–Crippen MR) is 85.4 cm³/mol. The molecular weight excluding hydrogens is 290 g/mol. The van der Waals surface area contributed by atoms with Gasteiger partial charge in [-0.05, 0) is 24.3 Å². The zero-order valence-electron chi connectivity index (χ0n) is 12.5. The lowest BCUT2D eigenvalue weighted by Crippen LogP contribution is -2.25. The van der Waals surface area contributed by atoms with Gasteiger partial charge in [0.05, 0.1) is 12.7 Å². The van der Waals surface area contributed by atoms with E-state index in [0.29, 0.717) is 12.2 Å². The van der Waals surface area contributed by atoms with Gasteiger partial charge >= 0.3 is 0 Å². The van der Waals surface area contributed by atoms with Gasteiger partial charge in [-0.25, -0.2) is 4.98 Å².